The first-order valence-electron chi connectivity index (χ1n) is 7.91. The first-order valence-corrected chi connectivity index (χ1v) is 7.91. The molecule has 0 saturated heterocycles. The minimum absolute atomic E-state index is 0.101. The summed E-state index contributed by atoms with van der Waals surface area (Å²) in [5.74, 6) is 1.24. The maximum atomic E-state index is 12.3. The van der Waals surface area contributed by atoms with E-state index < -0.39 is 0 Å². The van der Waals surface area contributed by atoms with Gasteiger partial charge >= 0.3 is 0 Å². The highest BCUT2D eigenvalue weighted by atomic mass is 16.7. The van der Waals surface area contributed by atoms with Crippen LogP contribution < -0.4 is 14.8 Å². The molecular formula is C19H17NO4. The summed E-state index contributed by atoms with van der Waals surface area (Å²) in [7, 11) is 0. The van der Waals surface area contributed by atoms with Gasteiger partial charge in [0.25, 0.3) is 0 Å². The highest BCUT2D eigenvalue weighted by Crippen LogP contribution is 2.34. The van der Waals surface area contributed by atoms with Crippen LogP contribution in [0.3, 0.4) is 0 Å². The van der Waals surface area contributed by atoms with E-state index in [2.05, 4.69) is 18.3 Å². The fourth-order valence-corrected chi connectivity index (χ4v) is 2.84. The van der Waals surface area contributed by atoms with Crippen molar-refractivity contribution in [3.63, 3.8) is 0 Å². The molecule has 0 fully saturated rings. The third kappa shape index (κ3) is 2.69. The highest BCUT2D eigenvalue weighted by Gasteiger charge is 2.15. The first-order chi connectivity index (χ1) is 11.7. The second-order valence-corrected chi connectivity index (χ2v) is 5.74. The van der Waals surface area contributed by atoms with Crippen LogP contribution in [-0.2, 0) is 17.6 Å². The van der Waals surface area contributed by atoms with Gasteiger partial charge in [-0.2, -0.15) is 0 Å². The van der Waals surface area contributed by atoms with Gasteiger partial charge in [-0.05, 0) is 30.2 Å². The lowest BCUT2D eigenvalue weighted by atomic mass is 10.1. The van der Waals surface area contributed by atoms with E-state index in [1.54, 1.807) is 24.5 Å². The number of rotatable bonds is 4. The molecule has 2 aromatic carbocycles. The summed E-state index contributed by atoms with van der Waals surface area (Å²) in [6.07, 6.45) is 2.87. The average Bonchev–Trinajstić information content (AvgIpc) is 3.21. The fourth-order valence-electron chi connectivity index (χ4n) is 2.84. The van der Waals surface area contributed by atoms with Gasteiger partial charge < -0.3 is 19.2 Å². The van der Waals surface area contributed by atoms with Gasteiger partial charge in [-0.15, -0.1) is 0 Å². The van der Waals surface area contributed by atoms with Crippen molar-refractivity contribution in [1.29, 1.82) is 0 Å². The van der Waals surface area contributed by atoms with Crippen molar-refractivity contribution in [3.8, 4) is 11.5 Å². The number of carbonyl (C=O) groups is 1. The van der Waals surface area contributed by atoms with E-state index in [0.717, 1.165) is 23.0 Å². The number of ether oxygens (including phenoxy) is 2. The predicted molar refractivity (Wildman–Crippen MR) is 90.5 cm³/mol. The summed E-state index contributed by atoms with van der Waals surface area (Å²) in [5, 5.41) is 3.86. The Morgan fingerprint density at radius 1 is 1.12 bits per heavy atom. The Morgan fingerprint density at radius 2 is 2.00 bits per heavy atom. The number of hydrogen-bond acceptors (Lipinski definition) is 4. The van der Waals surface area contributed by atoms with Crippen LogP contribution in [0.5, 0.6) is 11.5 Å². The van der Waals surface area contributed by atoms with Gasteiger partial charge in [0.05, 0.1) is 12.7 Å². The monoisotopic (exact) mass is 323 g/mol. The van der Waals surface area contributed by atoms with Gasteiger partial charge in [-0.3, -0.25) is 4.79 Å². The molecule has 0 saturated carbocycles. The number of aryl methyl sites for hydroxylation is 1. The van der Waals surface area contributed by atoms with E-state index in [1.807, 2.05) is 12.1 Å². The Hall–Kier alpha value is -2.95. The zero-order chi connectivity index (χ0) is 16.5. The number of nitrogens with one attached hydrogen (secondary N) is 1. The van der Waals surface area contributed by atoms with Crippen LogP contribution in [0.1, 0.15) is 18.1 Å². The van der Waals surface area contributed by atoms with Gasteiger partial charge in [0.2, 0.25) is 12.7 Å². The Morgan fingerprint density at radius 3 is 2.88 bits per heavy atom. The second-order valence-electron chi connectivity index (χ2n) is 5.74. The summed E-state index contributed by atoms with van der Waals surface area (Å²) in [5.41, 5.74) is 3.60. The summed E-state index contributed by atoms with van der Waals surface area (Å²) in [6.45, 7) is 2.32. The molecule has 1 aliphatic heterocycles. The molecule has 5 nitrogen and oxygen atoms in total. The van der Waals surface area contributed by atoms with E-state index in [-0.39, 0.29) is 19.1 Å². The van der Waals surface area contributed by atoms with Crippen molar-refractivity contribution in [2.45, 2.75) is 19.8 Å². The van der Waals surface area contributed by atoms with E-state index in [9.17, 15) is 4.79 Å². The Balaban J connectivity index is 1.50. The number of hydrogen-bond donors (Lipinski definition) is 1. The van der Waals surface area contributed by atoms with E-state index in [1.165, 1.54) is 5.56 Å². The third-order valence-corrected chi connectivity index (χ3v) is 4.14. The molecule has 3 aromatic rings. The standard InChI is InChI=1S/C19H17NO4/c1-2-12-3-5-15-13(10-22-17(15)7-12)8-19(21)20-14-4-6-16-18(9-14)24-11-23-16/h3-7,9-10H,2,8,11H2,1H3,(H,20,21). The average molecular weight is 323 g/mol. The molecule has 1 N–H and O–H groups in total. The molecule has 0 bridgehead atoms. The van der Waals surface area contributed by atoms with Gasteiger partial charge in [-0.1, -0.05) is 19.1 Å². The number of carbonyl (C=O) groups excluding carboxylic acids is 1. The van der Waals surface area contributed by atoms with Crippen LogP contribution in [0.2, 0.25) is 0 Å². The number of benzene rings is 2. The lowest BCUT2D eigenvalue weighted by molar-refractivity contribution is -0.115. The van der Waals surface area contributed by atoms with Crippen LogP contribution in [0.4, 0.5) is 5.69 Å². The molecule has 1 aromatic heterocycles. The summed E-state index contributed by atoms with van der Waals surface area (Å²) in [6, 6.07) is 11.5. The van der Waals surface area contributed by atoms with Gasteiger partial charge in [0.15, 0.2) is 11.5 Å². The SMILES string of the molecule is CCc1ccc2c(CC(=O)Nc3ccc4c(c3)OCO4)coc2c1. The lowest BCUT2D eigenvalue weighted by Gasteiger charge is -2.05. The molecule has 0 spiro atoms. The van der Waals surface area contributed by atoms with Crippen molar-refractivity contribution in [1.82, 2.24) is 0 Å². The molecule has 4 rings (SSSR count). The number of amides is 1. The van der Waals surface area contributed by atoms with Crippen LogP contribution in [0, 0.1) is 0 Å². The van der Waals surface area contributed by atoms with Gasteiger partial charge in [0.1, 0.15) is 5.58 Å². The molecule has 1 amide bonds. The second kappa shape index (κ2) is 5.92. The Labute approximate surface area is 139 Å². The maximum Gasteiger partial charge on any atom is 0.231 e. The maximum absolute atomic E-state index is 12.3. The molecule has 0 aliphatic carbocycles. The van der Waals surface area contributed by atoms with Crippen molar-refractivity contribution < 1.29 is 18.7 Å². The Bertz CT molecular complexity index is 913. The summed E-state index contributed by atoms with van der Waals surface area (Å²) < 4.78 is 16.2. The van der Waals surface area contributed by atoms with E-state index in [0.29, 0.717) is 17.2 Å². The molecule has 2 heterocycles. The van der Waals surface area contributed by atoms with Crippen molar-refractivity contribution in [2.24, 2.45) is 0 Å². The van der Waals surface area contributed by atoms with Crippen LogP contribution >= 0.6 is 0 Å². The molecule has 0 radical (unpaired) electrons. The Kier molecular flexibility index (Phi) is 3.61. The number of furan rings is 1. The first kappa shape index (κ1) is 14.6. The summed E-state index contributed by atoms with van der Waals surface area (Å²) >= 11 is 0. The molecule has 5 heteroatoms. The fraction of sp³-hybridized carbons (Fsp3) is 0.211. The zero-order valence-electron chi connectivity index (χ0n) is 13.3. The topological polar surface area (TPSA) is 60.7 Å². The largest absolute Gasteiger partial charge is 0.464 e. The normalized spacial score (nSPS) is 12.5. The van der Waals surface area contributed by atoms with Gasteiger partial charge in [0, 0.05) is 22.7 Å². The minimum Gasteiger partial charge on any atom is -0.464 e. The van der Waals surface area contributed by atoms with Crippen molar-refractivity contribution >= 4 is 22.6 Å². The van der Waals surface area contributed by atoms with E-state index >= 15 is 0 Å². The smallest absolute Gasteiger partial charge is 0.231 e. The molecule has 122 valence electrons. The molecule has 24 heavy (non-hydrogen) atoms. The number of anilines is 1. The van der Waals surface area contributed by atoms with E-state index in [4.69, 9.17) is 13.9 Å². The predicted octanol–water partition coefficient (Wildman–Crippen LogP) is 3.91. The minimum atomic E-state index is -0.101. The molecule has 0 unspecified atom stereocenters. The van der Waals surface area contributed by atoms with Crippen molar-refractivity contribution in [3.05, 3.63) is 53.8 Å². The molecule has 0 atom stereocenters. The van der Waals surface area contributed by atoms with Crippen molar-refractivity contribution in [2.75, 3.05) is 12.1 Å². The van der Waals surface area contributed by atoms with Gasteiger partial charge in [-0.25, -0.2) is 0 Å². The number of fused-ring (bicyclic) bond motifs is 2. The third-order valence-electron chi connectivity index (χ3n) is 4.14. The molecule has 1 aliphatic rings. The van der Waals surface area contributed by atoms with Crippen LogP contribution in [0.15, 0.2) is 47.1 Å². The van der Waals surface area contributed by atoms with Crippen LogP contribution in [0.25, 0.3) is 11.0 Å². The quantitative estimate of drug-likeness (QED) is 0.791. The summed E-state index contributed by atoms with van der Waals surface area (Å²) in [4.78, 5) is 12.3. The van der Waals surface area contributed by atoms with Crippen LogP contribution in [-0.4, -0.2) is 12.7 Å². The zero-order valence-corrected chi connectivity index (χ0v) is 13.3. The highest BCUT2D eigenvalue weighted by molar-refractivity contribution is 5.95. The lowest BCUT2D eigenvalue weighted by Crippen LogP contribution is -2.14. The molecular weight excluding hydrogens is 306 g/mol.